The lowest BCUT2D eigenvalue weighted by Crippen LogP contribution is -2.24. The summed E-state index contributed by atoms with van der Waals surface area (Å²) >= 11 is 7.17. The van der Waals surface area contributed by atoms with Gasteiger partial charge in [0.05, 0.1) is 0 Å². The van der Waals surface area contributed by atoms with E-state index in [9.17, 15) is 24.6 Å². The van der Waals surface area contributed by atoms with Crippen molar-refractivity contribution in [2.75, 3.05) is 5.73 Å². The third kappa shape index (κ3) is 3.73. The number of hydrogen-bond donors (Lipinski definition) is 4. The summed E-state index contributed by atoms with van der Waals surface area (Å²) in [5.74, 6) is -3.41. The molecular formula is C19H13ClN2O5S. The van der Waals surface area contributed by atoms with E-state index in [1.165, 1.54) is 11.8 Å². The van der Waals surface area contributed by atoms with E-state index in [-0.39, 0.29) is 11.1 Å². The zero-order valence-corrected chi connectivity index (χ0v) is 15.7. The molecule has 0 aliphatic carbocycles. The number of aromatic nitrogens is 1. The highest BCUT2D eigenvalue weighted by Gasteiger charge is 2.27. The molecule has 0 saturated heterocycles. The molecule has 2 aromatic carbocycles. The summed E-state index contributed by atoms with van der Waals surface area (Å²) in [6.07, 6.45) is 0. The predicted octanol–water partition coefficient (Wildman–Crippen LogP) is 3.83. The van der Waals surface area contributed by atoms with Gasteiger partial charge in [-0.05, 0) is 35.9 Å². The molecule has 142 valence electrons. The Labute approximate surface area is 167 Å². The topological polar surface area (TPSA) is 133 Å². The molecule has 0 aliphatic rings. The average Bonchev–Trinajstić information content (AvgIpc) is 2.62. The minimum Gasteiger partial charge on any atom is -0.478 e. The number of H-pyrrole nitrogens is 1. The molecule has 0 radical (unpaired) electrons. The minimum absolute atomic E-state index is 0.238. The van der Waals surface area contributed by atoms with Crippen LogP contribution < -0.4 is 11.3 Å². The molecule has 3 rings (SSSR count). The quantitative estimate of drug-likeness (QED) is 0.496. The lowest BCUT2D eigenvalue weighted by atomic mass is 9.95. The fourth-order valence-corrected chi connectivity index (χ4v) is 3.79. The summed E-state index contributed by atoms with van der Waals surface area (Å²) in [6.45, 7) is 0. The monoisotopic (exact) mass is 416 g/mol. The lowest BCUT2D eigenvalue weighted by Gasteiger charge is -2.15. The van der Waals surface area contributed by atoms with E-state index in [1.807, 2.05) is 0 Å². The van der Waals surface area contributed by atoms with Crippen molar-refractivity contribution >= 4 is 41.1 Å². The Morgan fingerprint density at radius 1 is 0.964 bits per heavy atom. The first kappa shape index (κ1) is 19.5. The van der Waals surface area contributed by atoms with Crippen LogP contribution in [0.4, 0.5) is 5.82 Å². The molecule has 0 bridgehead atoms. The van der Waals surface area contributed by atoms with Crippen LogP contribution >= 0.6 is 23.4 Å². The number of hydrogen-bond acceptors (Lipinski definition) is 5. The van der Waals surface area contributed by atoms with Gasteiger partial charge in [-0.2, -0.15) is 0 Å². The number of nitrogens with two attached hydrogens (primary N) is 1. The highest BCUT2D eigenvalue weighted by atomic mass is 35.5. The van der Waals surface area contributed by atoms with E-state index in [4.69, 9.17) is 17.3 Å². The Morgan fingerprint density at radius 3 is 2.18 bits per heavy atom. The van der Waals surface area contributed by atoms with Crippen molar-refractivity contribution < 1.29 is 19.8 Å². The number of anilines is 1. The van der Waals surface area contributed by atoms with Crippen LogP contribution in [-0.4, -0.2) is 27.1 Å². The summed E-state index contributed by atoms with van der Waals surface area (Å²) in [4.78, 5) is 39.2. The molecule has 1 aromatic heterocycles. The van der Waals surface area contributed by atoms with Crippen LogP contribution in [0.1, 0.15) is 20.7 Å². The molecule has 0 unspecified atom stereocenters. The third-order valence-corrected chi connectivity index (χ3v) is 5.21. The largest absolute Gasteiger partial charge is 0.478 e. The van der Waals surface area contributed by atoms with Gasteiger partial charge in [0.2, 0.25) is 0 Å². The van der Waals surface area contributed by atoms with Gasteiger partial charge in [-0.25, -0.2) is 9.59 Å². The van der Waals surface area contributed by atoms with Crippen molar-refractivity contribution in [2.24, 2.45) is 0 Å². The maximum absolute atomic E-state index is 12.2. The van der Waals surface area contributed by atoms with E-state index < -0.39 is 34.4 Å². The lowest BCUT2D eigenvalue weighted by molar-refractivity contribution is 0.0695. The maximum Gasteiger partial charge on any atom is 0.342 e. The van der Waals surface area contributed by atoms with E-state index in [0.29, 0.717) is 9.92 Å². The zero-order chi connectivity index (χ0) is 20.4. The third-order valence-electron chi connectivity index (χ3n) is 3.87. The van der Waals surface area contributed by atoms with Gasteiger partial charge in [-0.1, -0.05) is 41.6 Å². The van der Waals surface area contributed by atoms with E-state index in [2.05, 4.69) is 4.98 Å². The molecule has 5 N–H and O–H groups in total. The Balaban J connectivity index is 2.30. The molecule has 0 spiro atoms. The molecule has 0 atom stereocenters. The zero-order valence-electron chi connectivity index (χ0n) is 14.1. The highest BCUT2D eigenvalue weighted by Crippen LogP contribution is 2.39. The first-order chi connectivity index (χ1) is 13.3. The summed E-state index contributed by atoms with van der Waals surface area (Å²) in [5.41, 5.74) is 3.60. The summed E-state index contributed by atoms with van der Waals surface area (Å²) < 4.78 is 0. The molecule has 0 saturated carbocycles. The van der Waals surface area contributed by atoms with Crippen molar-refractivity contribution in [3.63, 3.8) is 0 Å². The SMILES string of the molecule is Nc1[nH]c(=O)c(C(=O)O)c(-c2ccccc2Sc2ccc(Cl)cc2)c1C(=O)O. The van der Waals surface area contributed by atoms with Crippen LogP contribution in [0.15, 0.2) is 63.1 Å². The van der Waals surface area contributed by atoms with Gasteiger partial charge >= 0.3 is 11.9 Å². The normalized spacial score (nSPS) is 10.6. The summed E-state index contributed by atoms with van der Waals surface area (Å²) in [7, 11) is 0. The van der Waals surface area contributed by atoms with Gasteiger partial charge in [0, 0.05) is 20.4 Å². The molecule has 1 heterocycles. The number of rotatable bonds is 5. The number of carbonyl (C=O) groups is 2. The van der Waals surface area contributed by atoms with Gasteiger partial charge in [-0.15, -0.1) is 0 Å². The molecule has 0 aliphatic heterocycles. The number of pyridine rings is 1. The Hall–Kier alpha value is -3.23. The van der Waals surface area contributed by atoms with E-state index >= 15 is 0 Å². The second kappa shape index (κ2) is 7.79. The van der Waals surface area contributed by atoms with E-state index in [1.54, 1.807) is 48.5 Å². The second-order valence-corrected chi connectivity index (χ2v) is 7.21. The fraction of sp³-hybridized carbons (Fsp3) is 0. The Bertz CT molecular complexity index is 1140. The van der Waals surface area contributed by atoms with Crippen LogP contribution in [-0.2, 0) is 0 Å². The van der Waals surface area contributed by atoms with Crippen LogP contribution in [0.2, 0.25) is 5.02 Å². The number of nitrogens with one attached hydrogen (secondary N) is 1. The first-order valence-electron chi connectivity index (χ1n) is 7.84. The maximum atomic E-state index is 12.2. The van der Waals surface area contributed by atoms with Crippen LogP contribution in [0.25, 0.3) is 11.1 Å². The van der Waals surface area contributed by atoms with Gasteiger partial charge < -0.3 is 20.9 Å². The van der Waals surface area contributed by atoms with Crippen molar-refractivity contribution in [2.45, 2.75) is 9.79 Å². The fourth-order valence-electron chi connectivity index (χ4n) is 2.71. The Kier molecular flexibility index (Phi) is 5.43. The number of carboxylic acids is 2. The van der Waals surface area contributed by atoms with Crippen molar-refractivity contribution in [1.29, 1.82) is 0 Å². The average molecular weight is 417 g/mol. The summed E-state index contributed by atoms with van der Waals surface area (Å²) in [5, 5.41) is 19.7. The molecule has 7 nitrogen and oxygen atoms in total. The predicted molar refractivity (Wildman–Crippen MR) is 106 cm³/mol. The van der Waals surface area contributed by atoms with Gasteiger partial charge in [0.15, 0.2) is 0 Å². The standard InChI is InChI=1S/C19H13ClN2O5S/c20-9-5-7-10(8-6-9)28-12-4-2-1-3-11(12)13-14(18(24)25)16(21)22-17(23)15(13)19(26)27/h1-8H,(H,24,25)(H,26,27)(H3,21,22,23). The van der Waals surface area contributed by atoms with Crippen molar-refractivity contribution in [3.8, 4) is 11.1 Å². The number of aromatic carboxylic acids is 2. The first-order valence-corrected chi connectivity index (χ1v) is 9.04. The molecule has 28 heavy (non-hydrogen) atoms. The smallest absolute Gasteiger partial charge is 0.342 e. The second-order valence-electron chi connectivity index (χ2n) is 5.66. The number of nitrogen functional groups attached to an aromatic ring is 1. The minimum atomic E-state index is -1.55. The molecule has 3 aromatic rings. The summed E-state index contributed by atoms with van der Waals surface area (Å²) in [6, 6.07) is 13.5. The highest BCUT2D eigenvalue weighted by molar-refractivity contribution is 7.99. The molecule has 0 amide bonds. The van der Waals surface area contributed by atoms with Crippen LogP contribution in [0, 0.1) is 0 Å². The number of aromatic amines is 1. The number of halogens is 1. The van der Waals surface area contributed by atoms with Gasteiger partial charge in [0.25, 0.3) is 5.56 Å². The van der Waals surface area contributed by atoms with Crippen molar-refractivity contribution in [1.82, 2.24) is 4.98 Å². The molecule has 9 heteroatoms. The molecule has 0 fully saturated rings. The van der Waals surface area contributed by atoms with Gasteiger partial charge in [0.1, 0.15) is 16.9 Å². The van der Waals surface area contributed by atoms with Crippen LogP contribution in [0.5, 0.6) is 0 Å². The number of benzene rings is 2. The van der Waals surface area contributed by atoms with Crippen LogP contribution in [0.3, 0.4) is 0 Å². The van der Waals surface area contributed by atoms with Gasteiger partial charge in [-0.3, -0.25) is 4.79 Å². The number of carboxylic acid groups (broad SMARTS) is 2. The van der Waals surface area contributed by atoms with Crippen molar-refractivity contribution in [3.05, 3.63) is 75.0 Å². The Morgan fingerprint density at radius 2 is 1.57 bits per heavy atom. The molecular weight excluding hydrogens is 404 g/mol. The van der Waals surface area contributed by atoms with E-state index in [0.717, 1.165) is 4.90 Å².